The van der Waals surface area contributed by atoms with Crippen molar-refractivity contribution in [2.75, 3.05) is 0 Å². The Hall–Kier alpha value is -1.80. The van der Waals surface area contributed by atoms with E-state index in [4.69, 9.17) is 10.5 Å². The van der Waals surface area contributed by atoms with Crippen molar-refractivity contribution in [1.29, 1.82) is 0 Å². The van der Waals surface area contributed by atoms with Crippen molar-refractivity contribution in [2.45, 2.75) is 32.9 Å². The minimum atomic E-state index is 0.143. The van der Waals surface area contributed by atoms with Crippen LogP contribution in [-0.2, 0) is 13.0 Å². The molecule has 0 spiro atoms. The van der Waals surface area contributed by atoms with Crippen molar-refractivity contribution in [3.63, 3.8) is 0 Å². The van der Waals surface area contributed by atoms with Crippen LogP contribution in [0.2, 0.25) is 0 Å². The molecule has 0 aliphatic heterocycles. The summed E-state index contributed by atoms with van der Waals surface area (Å²) in [5.41, 5.74) is 9.48. The molecule has 0 heterocycles. The van der Waals surface area contributed by atoms with Crippen LogP contribution < -0.4 is 10.5 Å². The number of hydrogen-bond donors (Lipinski definition) is 1. The average molecular weight is 255 g/mol. The molecule has 0 aromatic heterocycles. The molecule has 2 nitrogen and oxygen atoms in total. The van der Waals surface area contributed by atoms with Crippen LogP contribution in [0, 0.1) is 6.92 Å². The minimum Gasteiger partial charge on any atom is -0.489 e. The summed E-state index contributed by atoms with van der Waals surface area (Å²) in [7, 11) is 0. The van der Waals surface area contributed by atoms with Gasteiger partial charge in [-0.25, -0.2) is 0 Å². The maximum atomic E-state index is 5.91. The van der Waals surface area contributed by atoms with E-state index in [0.29, 0.717) is 6.61 Å². The second kappa shape index (κ2) is 6.39. The van der Waals surface area contributed by atoms with Gasteiger partial charge in [0, 0.05) is 6.04 Å². The van der Waals surface area contributed by atoms with E-state index < -0.39 is 0 Å². The van der Waals surface area contributed by atoms with Crippen LogP contribution in [0.5, 0.6) is 5.75 Å². The van der Waals surface area contributed by atoms with Gasteiger partial charge < -0.3 is 10.5 Å². The smallest absolute Gasteiger partial charge is 0.123 e. The van der Waals surface area contributed by atoms with Gasteiger partial charge in [-0.05, 0) is 37.5 Å². The first-order chi connectivity index (χ1) is 9.15. The molecule has 0 saturated heterocycles. The van der Waals surface area contributed by atoms with Crippen molar-refractivity contribution in [2.24, 2.45) is 5.73 Å². The molecule has 0 bridgehead atoms. The van der Waals surface area contributed by atoms with Crippen molar-refractivity contribution >= 4 is 0 Å². The Morgan fingerprint density at radius 2 is 1.74 bits per heavy atom. The fourth-order valence-corrected chi connectivity index (χ4v) is 2.01. The van der Waals surface area contributed by atoms with E-state index >= 15 is 0 Å². The van der Waals surface area contributed by atoms with Crippen LogP contribution in [0.15, 0.2) is 48.5 Å². The molecule has 2 heteroatoms. The second-order valence-corrected chi connectivity index (χ2v) is 5.06. The monoisotopic (exact) mass is 255 g/mol. The third kappa shape index (κ3) is 4.11. The molecule has 0 fully saturated rings. The largest absolute Gasteiger partial charge is 0.489 e. The van der Waals surface area contributed by atoms with Crippen LogP contribution in [0.1, 0.15) is 23.6 Å². The summed E-state index contributed by atoms with van der Waals surface area (Å²) in [6, 6.07) is 16.7. The lowest BCUT2D eigenvalue weighted by molar-refractivity contribution is 0.302. The normalized spacial score (nSPS) is 12.2. The van der Waals surface area contributed by atoms with Gasteiger partial charge in [0.05, 0.1) is 0 Å². The SMILES string of the molecule is Cc1ccc(COc2ccccc2CC(C)N)cc1. The first kappa shape index (κ1) is 13.6. The molecule has 2 N–H and O–H groups in total. The lowest BCUT2D eigenvalue weighted by atomic mass is 10.1. The Balaban J connectivity index is 2.04. The van der Waals surface area contributed by atoms with E-state index in [9.17, 15) is 0 Å². The second-order valence-electron chi connectivity index (χ2n) is 5.06. The molecule has 100 valence electrons. The van der Waals surface area contributed by atoms with Gasteiger partial charge in [0.25, 0.3) is 0 Å². The molecule has 0 radical (unpaired) electrons. The molecule has 0 aliphatic carbocycles. The third-order valence-corrected chi connectivity index (χ3v) is 3.03. The van der Waals surface area contributed by atoms with Gasteiger partial charge in [0.1, 0.15) is 12.4 Å². The highest BCUT2D eigenvalue weighted by molar-refractivity contribution is 5.34. The lowest BCUT2D eigenvalue weighted by Crippen LogP contribution is -2.18. The molecule has 2 rings (SSSR count). The standard InChI is InChI=1S/C17H21NO/c1-13-7-9-15(10-8-13)12-19-17-6-4-3-5-16(17)11-14(2)18/h3-10,14H,11-12,18H2,1-2H3. The van der Waals surface area contributed by atoms with Gasteiger partial charge in [-0.3, -0.25) is 0 Å². The predicted molar refractivity (Wildman–Crippen MR) is 79.3 cm³/mol. The zero-order valence-electron chi connectivity index (χ0n) is 11.6. The van der Waals surface area contributed by atoms with E-state index in [0.717, 1.165) is 12.2 Å². The number of benzene rings is 2. The molecule has 0 saturated carbocycles. The topological polar surface area (TPSA) is 35.2 Å². The number of para-hydroxylation sites is 1. The van der Waals surface area contributed by atoms with E-state index in [1.165, 1.54) is 16.7 Å². The molecular weight excluding hydrogens is 234 g/mol. The predicted octanol–water partition coefficient (Wildman–Crippen LogP) is 3.46. The van der Waals surface area contributed by atoms with E-state index in [1.54, 1.807) is 0 Å². The molecule has 2 aromatic rings. The summed E-state index contributed by atoms with van der Waals surface area (Å²) in [5.74, 6) is 0.931. The summed E-state index contributed by atoms with van der Waals surface area (Å²) >= 11 is 0. The van der Waals surface area contributed by atoms with Gasteiger partial charge in [-0.2, -0.15) is 0 Å². The number of aryl methyl sites for hydroxylation is 1. The number of hydrogen-bond acceptors (Lipinski definition) is 2. The first-order valence-corrected chi connectivity index (χ1v) is 6.67. The van der Waals surface area contributed by atoms with Crippen molar-refractivity contribution < 1.29 is 4.74 Å². The highest BCUT2D eigenvalue weighted by Gasteiger charge is 2.05. The van der Waals surface area contributed by atoms with Crippen LogP contribution >= 0.6 is 0 Å². The van der Waals surface area contributed by atoms with Crippen molar-refractivity contribution in [1.82, 2.24) is 0 Å². The molecule has 0 amide bonds. The fraction of sp³-hybridized carbons (Fsp3) is 0.294. The summed E-state index contributed by atoms with van der Waals surface area (Å²) in [5, 5.41) is 0. The molecular formula is C17H21NO. The summed E-state index contributed by atoms with van der Waals surface area (Å²) in [6.45, 7) is 4.69. The molecule has 1 atom stereocenters. The zero-order chi connectivity index (χ0) is 13.7. The number of nitrogens with two attached hydrogens (primary N) is 1. The van der Waals surface area contributed by atoms with Crippen LogP contribution in [0.4, 0.5) is 0 Å². The van der Waals surface area contributed by atoms with Crippen molar-refractivity contribution in [3.8, 4) is 5.75 Å². The quantitative estimate of drug-likeness (QED) is 0.888. The lowest BCUT2D eigenvalue weighted by Gasteiger charge is -2.13. The Morgan fingerprint density at radius 1 is 1.05 bits per heavy atom. The summed E-state index contributed by atoms with van der Waals surface area (Å²) < 4.78 is 5.91. The average Bonchev–Trinajstić information content (AvgIpc) is 2.39. The fourth-order valence-electron chi connectivity index (χ4n) is 2.01. The van der Waals surface area contributed by atoms with Gasteiger partial charge in [0.15, 0.2) is 0 Å². The molecule has 2 aromatic carbocycles. The van der Waals surface area contributed by atoms with Crippen LogP contribution in [-0.4, -0.2) is 6.04 Å². The Bertz CT molecular complexity index is 517. The minimum absolute atomic E-state index is 0.143. The summed E-state index contributed by atoms with van der Waals surface area (Å²) in [4.78, 5) is 0. The summed E-state index contributed by atoms with van der Waals surface area (Å²) in [6.07, 6.45) is 0.837. The first-order valence-electron chi connectivity index (χ1n) is 6.67. The Morgan fingerprint density at radius 3 is 2.42 bits per heavy atom. The van der Waals surface area contributed by atoms with Crippen molar-refractivity contribution in [3.05, 3.63) is 65.2 Å². The maximum Gasteiger partial charge on any atom is 0.123 e. The van der Waals surface area contributed by atoms with Gasteiger partial charge in [-0.15, -0.1) is 0 Å². The maximum absolute atomic E-state index is 5.91. The molecule has 0 aliphatic rings. The van der Waals surface area contributed by atoms with Crippen LogP contribution in [0.25, 0.3) is 0 Å². The van der Waals surface area contributed by atoms with E-state index in [-0.39, 0.29) is 6.04 Å². The highest BCUT2D eigenvalue weighted by Crippen LogP contribution is 2.20. The van der Waals surface area contributed by atoms with E-state index in [2.05, 4.69) is 37.3 Å². The Kier molecular flexibility index (Phi) is 4.58. The molecule has 19 heavy (non-hydrogen) atoms. The third-order valence-electron chi connectivity index (χ3n) is 3.03. The number of ether oxygens (including phenoxy) is 1. The highest BCUT2D eigenvalue weighted by atomic mass is 16.5. The van der Waals surface area contributed by atoms with Gasteiger partial charge >= 0.3 is 0 Å². The van der Waals surface area contributed by atoms with Gasteiger partial charge in [-0.1, -0.05) is 48.0 Å². The van der Waals surface area contributed by atoms with E-state index in [1.807, 2.05) is 25.1 Å². The zero-order valence-corrected chi connectivity index (χ0v) is 11.6. The number of rotatable bonds is 5. The Labute approximate surface area is 115 Å². The van der Waals surface area contributed by atoms with Crippen LogP contribution in [0.3, 0.4) is 0 Å². The van der Waals surface area contributed by atoms with Gasteiger partial charge in [0.2, 0.25) is 0 Å². The molecule has 1 unspecified atom stereocenters.